The van der Waals surface area contributed by atoms with Crippen LogP contribution in [0, 0.1) is 12.8 Å². The van der Waals surface area contributed by atoms with E-state index < -0.39 is 11.7 Å². The van der Waals surface area contributed by atoms with Crippen LogP contribution in [0.3, 0.4) is 0 Å². The average Bonchev–Trinajstić information content (AvgIpc) is 2.86. The Balaban J connectivity index is 0.000000742. The second kappa shape index (κ2) is 16.6. The van der Waals surface area contributed by atoms with E-state index in [-0.39, 0.29) is 11.7 Å². The topological polar surface area (TPSA) is 51.0 Å². The zero-order valence-corrected chi connectivity index (χ0v) is 22.2. The molecule has 0 aliphatic heterocycles. The van der Waals surface area contributed by atoms with Gasteiger partial charge in [0.25, 0.3) is 0 Å². The van der Waals surface area contributed by atoms with Crippen molar-refractivity contribution in [3.63, 3.8) is 0 Å². The number of carbonyl (C=O) groups excluding carboxylic acids is 1. The number of nitrogens with zero attached hydrogens (tertiary/aromatic N) is 2. The van der Waals surface area contributed by atoms with Crippen molar-refractivity contribution in [3.8, 4) is 5.75 Å². The van der Waals surface area contributed by atoms with E-state index in [1.54, 1.807) is 21.1 Å². The van der Waals surface area contributed by atoms with Crippen LogP contribution in [0.2, 0.25) is 0 Å². The number of unbranched alkanes of at least 4 members (excludes halogenated alkanes) is 1. The molecule has 4 nitrogen and oxygen atoms in total. The van der Waals surface area contributed by atoms with Gasteiger partial charge in [-0.2, -0.15) is 13.2 Å². The van der Waals surface area contributed by atoms with Crippen molar-refractivity contribution >= 4 is 17.8 Å². The average molecular weight is 493 g/mol. The van der Waals surface area contributed by atoms with Crippen molar-refractivity contribution in [3.05, 3.63) is 64.7 Å². The number of aliphatic imine (C=N–C) groups is 2. The largest absolute Gasteiger partial charge is 0.496 e. The number of Topliss-reactive ketones (excluding diaryl/α,β-unsaturated/α-hetero) is 1. The summed E-state index contributed by atoms with van der Waals surface area (Å²) in [5.41, 5.74) is 1.71. The Hall–Kier alpha value is -2.96. The van der Waals surface area contributed by atoms with Crippen molar-refractivity contribution < 1.29 is 22.7 Å². The van der Waals surface area contributed by atoms with Crippen molar-refractivity contribution in [1.82, 2.24) is 0 Å². The number of methoxy groups -OCH3 is 1. The smallest absolute Gasteiger partial charge is 0.416 e. The molecular weight excluding hydrogens is 453 g/mol. The molecule has 0 bridgehead atoms. The van der Waals surface area contributed by atoms with E-state index in [1.807, 2.05) is 52.1 Å². The molecule has 194 valence electrons. The maximum absolute atomic E-state index is 12.4. The van der Waals surface area contributed by atoms with Crippen LogP contribution in [0.1, 0.15) is 80.9 Å². The van der Waals surface area contributed by atoms with E-state index in [1.165, 1.54) is 12.1 Å². The van der Waals surface area contributed by atoms with E-state index in [9.17, 15) is 18.0 Å². The minimum Gasteiger partial charge on any atom is -0.496 e. The highest BCUT2D eigenvalue weighted by Crippen LogP contribution is 2.29. The normalized spacial score (nSPS) is 12.3. The van der Waals surface area contributed by atoms with Crippen LogP contribution < -0.4 is 4.74 Å². The van der Waals surface area contributed by atoms with E-state index in [0.29, 0.717) is 17.1 Å². The fourth-order valence-corrected chi connectivity index (χ4v) is 2.77. The molecule has 35 heavy (non-hydrogen) atoms. The number of aryl methyl sites for hydroxylation is 1. The third kappa shape index (κ3) is 10.9. The van der Waals surface area contributed by atoms with E-state index in [4.69, 9.17) is 4.74 Å². The predicted octanol–water partition coefficient (Wildman–Crippen LogP) is 8.21. The lowest BCUT2D eigenvalue weighted by molar-refractivity contribution is -0.137. The first-order valence-corrected chi connectivity index (χ1v) is 11.9. The number of amidine groups is 1. The van der Waals surface area contributed by atoms with Crippen LogP contribution >= 0.6 is 0 Å². The van der Waals surface area contributed by atoms with Gasteiger partial charge in [0.05, 0.1) is 18.2 Å². The molecule has 0 aliphatic rings. The monoisotopic (exact) mass is 492 g/mol. The molecule has 0 radical (unpaired) electrons. The molecule has 0 heterocycles. The van der Waals surface area contributed by atoms with Gasteiger partial charge in [-0.3, -0.25) is 9.79 Å². The van der Waals surface area contributed by atoms with Crippen LogP contribution in [0.5, 0.6) is 5.75 Å². The number of carbonyl (C=O) groups is 1. The van der Waals surface area contributed by atoms with Crippen molar-refractivity contribution in [2.45, 2.75) is 67.0 Å². The maximum Gasteiger partial charge on any atom is 0.416 e. The third-order valence-electron chi connectivity index (χ3n) is 5.01. The summed E-state index contributed by atoms with van der Waals surface area (Å²) in [4.78, 5) is 21.0. The van der Waals surface area contributed by atoms with E-state index in [0.717, 1.165) is 42.5 Å². The van der Waals surface area contributed by atoms with Crippen LogP contribution in [-0.2, 0) is 6.18 Å². The molecule has 1 unspecified atom stereocenters. The van der Waals surface area contributed by atoms with Crippen molar-refractivity contribution in [2.75, 3.05) is 14.2 Å². The molecule has 0 saturated heterocycles. The molecule has 2 aromatic rings. The molecule has 2 rings (SSSR count). The molecule has 2 aromatic carbocycles. The lowest BCUT2D eigenvalue weighted by Gasteiger charge is -2.13. The number of rotatable bonds is 7. The summed E-state index contributed by atoms with van der Waals surface area (Å²) in [6, 6.07) is 10.6. The first kappa shape index (κ1) is 32.0. The maximum atomic E-state index is 12.4. The quantitative estimate of drug-likeness (QED) is 0.222. The van der Waals surface area contributed by atoms with Crippen molar-refractivity contribution in [1.29, 1.82) is 0 Å². The highest BCUT2D eigenvalue weighted by Gasteiger charge is 2.29. The number of ketones is 1. The Morgan fingerprint density at radius 1 is 1.09 bits per heavy atom. The van der Waals surface area contributed by atoms with Crippen LogP contribution in [0.4, 0.5) is 13.2 Å². The zero-order chi connectivity index (χ0) is 27.0. The molecule has 0 amide bonds. The third-order valence-corrected chi connectivity index (χ3v) is 5.01. The minimum absolute atomic E-state index is 0.0124. The van der Waals surface area contributed by atoms with Gasteiger partial charge >= 0.3 is 6.18 Å². The molecular formula is C28H39F3N2O2. The summed E-state index contributed by atoms with van der Waals surface area (Å²) in [7, 11) is 3.29. The molecule has 0 spiro atoms. The second-order valence-corrected chi connectivity index (χ2v) is 7.60. The molecule has 0 aliphatic carbocycles. The summed E-state index contributed by atoms with van der Waals surface area (Å²) in [6.45, 7) is 11.8. The van der Waals surface area contributed by atoms with Crippen molar-refractivity contribution in [2.24, 2.45) is 15.9 Å². The second-order valence-electron chi connectivity index (χ2n) is 7.60. The Morgan fingerprint density at radius 2 is 1.69 bits per heavy atom. The zero-order valence-electron chi connectivity index (χ0n) is 22.2. The van der Waals surface area contributed by atoms with Gasteiger partial charge in [0.2, 0.25) is 0 Å². The van der Waals surface area contributed by atoms with Gasteiger partial charge in [-0.1, -0.05) is 64.8 Å². The summed E-state index contributed by atoms with van der Waals surface area (Å²) < 4.78 is 41.2. The minimum atomic E-state index is -4.21. The standard InChI is InChI=1S/C18H26N2O2.C8H7F3.C2H6/c1-6-8-11-20-18(19-4)14-9-10-15(16(12-14)22-5)17(21)13(3)7-2;1-6-2-4-7(5-3-6)8(9,10)11;1-2/h9-13H,6-8H2,1-5H3;2-5H,1H3;1-2H3. The lowest BCUT2D eigenvalue weighted by Crippen LogP contribution is -2.12. The summed E-state index contributed by atoms with van der Waals surface area (Å²) in [6.07, 6.45) is 0.431. The van der Waals surface area contributed by atoms with Crippen LogP contribution in [0.25, 0.3) is 0 Å². The summed E-state index contributed by atoms with van der Waals surface area (Å²) in [5.74, 6) is 1.32. The van der Waals surface area contributed by atoms with Gasteiger partial charge in [-0.15, -0.1) is 0 Å². The fourth-order valence-electron chi connectivity index (χ4n) is 2.77. The summed E-state index contributed by atoms with van der Waals surface area (Å²) >= 11 is 0. The number of hydrogen-bond donors (Lipinski definition) is 0. The highest BCUT2D eigenvalue weighted by molar-refractivity contribution is 6.05. The Kier molecular flexibility index (Phi) is 15.2. The molecule has 0 N–H and O–H groups in total. The highest BCUT2D eigenvalue weighted by atomic mass is 19.4. The summed E-state index contributed by atoms with van der Waals surface area (Å²) in [5, 5.41) is 0. The molecule has 0 saturated carbocycles. The SMILES string of the molecule is CC.CCCC=NC(=NC)c1ccc(C(=O)C(C)CC)c(OC)c1.Cc1ccc(C(F)(F)F)cc1. The molecule has 0 fully saturated rings. The fraction of sp³-hybridized carbons (Fsp3) is 0.464. The van der Waals surface area contributed by atoms with E-state index >= 15 is 0 Å². The van der Waals surface area contributed by atoms with Gasteiger partial charge in [-0.05, 0) is 44.0 Å². The molecule has 0 aromatic heterocycles. The first-order chi connectivity index (χ1) is 16.6. The van der Waals surface area contributed by atoms with Crippen LogP contribution in [0.15, 0.2) is 52.4 Å². The van der Waals surface area contributed by atoms with Crippen LogP contribution in [-0.4, -0.2) is 32.0 Å². The Bertz CT molecular complexity index is 950. The van der Waals surface area contributed by atoms with Gasteiger partial charge in [0.1, 0.15) is 5.75 Å². The number of halogens is 3. The molecule has 7 heteroatoms. The predicted molar refractivity (Wildman–Crippen MR) is 140 cm³/mol. The van der Waals surface area contributed by atoms with Gasteiger partial charge in [0.15, 0.2) is 11.6 Å². The number of benzene rings is 2. The number of hydrogen-bond acceptors (Lipinski definition) is 3. The van der Waals surface area contributed by atoms with Gasteiger partial charge in [0, 0.05) is 24.7 Å². The number of alkyl halides is 3. The Morgan fingerprint density at radius 3 is 2.14 bits per heavy atom. The first-order valence-electron chi connectivity index (χ1n) is 11.9. The lowest BCUT2D eigenvalue weighted by atomic mass is 9.95. The van der Waals surface area contributed by atoms with Gasteiger partial charge in [-0.25, -0.2) is 4.99 Å². The van der Waals surface area contributed by atoms with E-state index in [2.05, 4.69) is 16.9 Å². The molecule has 1 atom stereocenters. The number of ether oxygens (including phenoxy) is 1. The van der Waals surface area contributed by atoms with Gasteiger partial charge < -0.3 is 4.74 Å². The Labute approximate surface area is 208 Å².